The SMILES string of the molecule is CCc1ccc(Cn2nccc2NC(=O)c2cccc(S(=O)(=O)N3CCN(C(C)=O)CC3)c2)cc1. The minimum Gasteiger partial charge on any atom is -0.340 e. The van der Waals surface area contributed by atoms with Crippen molar-refractivity contribution >= 4 is 27.7 Å². The molecule has 3 aromatic rings. The predicted octanol–water partition coefficient (Wildman–Crippen LogP) is 2.60. The monoisotopic (exact) mass is 495 g/mol. The van der Waals surface area contributed by atoms with Crippen LogP contribution >= 0.6 is 0 Å². The summed E-state index contributed by atoms with van der Waals surface area (Å²) in [7, 11) is -3.79. The molecule has 4 rings (SSSR count). The van der Waals surface area contributed by atoms with E-state index in [0.29, 0.717) is 25.5 Å². The number of benzene rings is 2. The van der Waals surface area contributed by atoms with Crippen LogP contribution in [0.25, 0.3) is 0 Å². The van der Waals surface area contributed by atoms with Crippen molar-refractivity contribution in [2.45, 2.75) is 31.7 Å². The van der Waals surface area contributed by atoms with Crippen molar-refractivity contribution in [2.24, 2.45) is 0 Å². The topological polar surface area (TPSA) is 105 Å². The van der Waals surface area contributed by atoms with E-state index in [4.69, 9.17) is 0 Å². The van der Waals surface area contributed by atoms with Crippen LogP contribution in [-0.2, 0) is 27.8 Å². The molecule has 0 saturated carbocycles. The van der Waals surface area contributed by atoms with Gasteiger partial charge in [-0.05, 0) is 35.7 Å². The van der Waals surface area contributed by atoms with Gasteiger partial charge in [0.25, 0.3) is 5.91 Å². The van der Waals surface area contributed by atoms with Crippen molar-refractivity contribution < 1.29 is 18.0 Å². The molecule has 2 heterocycles. The number of carbonyl (C=O) groups is 2. The normalized spacial score (nSPS) is 14.6. The molecular formula is C25H29N5O4S. The minimum atomic E-state index is -3.79. The van der Waals surface area contributed by atoms with Crippen LogP contribution in [0.1, 0.15) is 35.3 Å². The first kappa shape index (κ1) is 24.6. The summed E-state index contributed by atoms with van der Waals surface area (Å²) in [6.45, 7) is 5.20. The molecule has 0 unspecified atom stereocenters. The highest BCUT2D eigenvalue weighted by Crippen LogP contribution is 2.20. The fourth-order valence-electron chi connectivity index (χ4n) is 4.00. The number of nitrogens with one attached hydrogen (secondary N) is 1. The molecule has 184 valence electrons. The summed E-state index contributed by atoms with van der Waals surface area (Å²) in [6.07, 6.45) is 2.57. The molecule has 1 saturated heterocycles. The van der Waals surface area contributed by atoms with Gasteiger partial charge in [-0.15, -0.1) is 0 Å². The summed E-state index contributed by atoms with van der Waals surface area (Å²) in [4.78, 5) is 26.2. The lowest BCUT2D eigenvalue weighted by atomic mass is 10.1. The van der Waals surface area contributed by atoms with Crippen LogP contribution in [0.5, 0.6) is 0 Å². The van der Waals surface area contributed by atoms with E-state index in [1.54, 1.807) is 34.0 Å². The molecule has 1 N–H and O–H groups in total. The summed E-state index contributed by atoms with van der Waals surface area (Å²) in [5.74, 6) is 0.0210. The van der Waals surface area contributed by atoms with Crippen molar-refractivity contribution in [3.05, 3.63) is 77.5 Å². The lowest BCUT2D eigenvalue weighted by Gasteiger charge is -2.33. The quantitative estimate of drug-likeness (QED) is 0.543. The Hall–Kier alpha value is -3.50. The number of anilines is 1. The molecular weight excluding hydrogens is 466 g/mol. The van der Waals surface area contributed by atoms with E-state index in [0.717, 1.165) is 12.0 Å². The summed E-state index contributed by atoms with van der Waals surface area (Å²) >= 11 is 0. The molecule has 35 heavy (non-hydrogen) atoms. The number of sulfonamides is 1. The van der Waals surface area contributed by atoms with E-state index in [-0.39, 0.29) is 29.5 Å². The fraction of sp³-hybridized carbons (Fsp3) is 0.320. The maximum absolute atomic E-state index is 13.1. The predicted molar refractivity (Wildman–Crippen MR) is 133 cm³/mol. The van der Waals surface area contributed by atoms with Gasteiger partial charge in [0.05, 0.1) is 17.6 Å². The van der Waals surface area contributed by atoms with Crippen molar-refractivity contribution in [3.63, 3.8) is 0 Å². The van der Waals surface area contributed by atoms with Gasteiger partial charge >= 0.3 is 0 Å². The third-order valence-electron chi connectivity index (χ3n) is 6.14. The van der Waals surface area contributed by atoms with Crippen LogP contribution in [0.2, 0.25) is 0 Å². The molecule has 0 atom stereocenters. The number of aromatic nitrogens is 2. The van der Waals surface area contributed by atoms with E-state index >= 15 is 0 Å². The van der Waals surface area contributed by atoms with E-state index in [1.165, 1.54) is 28.9 Å². The number of amides is 2. The second-order valence-electron chi connectivity index (χ2n) is 8.44. The zero-order valence-corrected chi connectivity index (χ0v) is 20.7. The fourth-order valence-corrected chi connectivity index (χ4v) is 5.47. The zero-order valence-electron chi connectivity index (χ0n) is 19.8. The Labute approximate surface area is 205 Å². The molecule has 0 radical (unpaired) electrons. The Morgan fingerprint density at radius 2 is 1.66 bits per heavy atom. The molecule has 1 aromatic heterocycles. The lowest BCUT2D eigenvalue weighted by Crippen LogP contribution is -2.49. The summed E-state index contributed by atoms with van der Waals surface area (Å²) in [5, 5.41) is 7.14. The smallest absolute Gasteiger partial charge is 0.256 e. The van der Waals surface area contributed by atoms with Gasteiger partial charge in [0.1, 0.15) is 5.82 Å². The first-order valence-corrected chi connectivity index (χ1v) is 13.0. The number of nitrogens with zero attached hydrogens (tertiary/aromatic N) is 4. The van der Waals surface area contributed by atoms with E-state index in [1.807, 2.05) is 12.1 Å². The van der Waals surface area contributed by atoms with Gasteiger partial charge in [-0.25, -0.2) is 13.1 Å². The number of hydrogen-bond acceptors (Lipinski definition) is 5. The molecule has 2 aromatic carbocycles. The minimum absolute atomic E-state index is 0.0472. The van der Waals surface area contributed by atoms with Gasteiger partial charge in [-0.2, -0.15) is 9.40 Å². The molecule has 10 heteroatoms. The summed E-state index contributed by atoms with van der Waals surface area (Å²) in [5.41, 5.74) is 2.53. The first-order valence-electron chi connectivity index (χ1n) is 11.5. The largest absolute Gasteiger partial charge is 0.340 e. The van der Waals surface area contributed by atoms with Crippen LogP contribution in [0.3, 0.4) is 0 Å². The van der Waals surface area contributed by atoms with Crippen molar-refractivity contribution in [1.29, 1.82) is 0 Å². The highest BCUT2D eigenvalue weighted by atomic mass is 32.2. The first-order chi connectivity index (χ1) is 16.8. The number of rotatable bonds is 7. The van der Waals surface area contributed by atoms with E-state index < -0.39 is 15.9 Å². The molecule has 1 fully saturated rings. The Balaban J connectivity index is 1.46. The number of aryl methyl sites for hydroxylation is 1. The third-order valence-corrected chi connectivity index (χ3v) is 8.03. The molecule has 1 aliphatic heterocycles. The van der Waals surface area contributed by atoms with Crippen LogP contribution in [0.15, 0.2) is 65.7 Å². The van der Waals surface area contributed by atoms with Gasteiger partial charge in [-0.1, -0.05) is 37.3 Å². The molecule has 9 nitrogen and oxygen atoms in total. The van der Waals surface area contributed by atoms with Crippen molar-refractivity contribution in [1.82, 2.24) is 19.0 Å². The van der Waals surface area contributed by atoms with Crippen LogP contribution in [-0.4, -0.2) is 65.4 Å². The van der Waals surface area contributed by atoms with E-state index in [2.05, 4.69) is 29.5 Å². The zero-order chi connectivity index (χ0) is 25.0. The Kier molecular flexibility index (Phi) is 7.32. The Bertz CT molecular complexity index is 1310. The maximum atomic E-state index is 13.1. The molecule has 1 aliphatic rings. The Morgan fingerprint density at radius 3 is 2.31 bits per heavy atom. The average molecular weight is 496 g/mol. The molecule has 0 spiro atoms. The average Bonchev–Trinajstić information content (AvgIpc) is 3.30. The van der Waals surface area contributed by atoms with Crippen molar-refractivity contribution in [2.75, 3.05) is 31.5 Å². The standard InChI is InChI=1S/C25H29N5O4S/c1-3-20-7-9-21(10-8-20)18-30-24(11-12-26-30)27-25(32)22-5-4-6-23(17-22)35(33,34)29-15-13-28(14-16-29)19(2)31/h4-12,17H,3,13-16,18H2,1-2H3,(H,27,32). The van der Waals surface area contributed by atoms with Crippen LogP contribution in [0, 0.1) is 0 Å². The van der Waals surface area contributed by atoms with Crippen LogP contribution in [0.4, 0.5) is 5.82 Å². The third kappa shape index (κ3) is 5.60. The van der Waals surface area contributed by atoms with Gasteiger partial charge in [0.15, 0.2) is 0 Å². The second-order valence-corrected chi connectivity index (χ2v) is 10.4. The molecule has 0 bridgehead atoms. The summed E-state index contributed by atoms with van der Waals surface area (Å²) in [6, 6.07) is 15.9. The lowest BCUT2D eigenvalue weighted by molar-refractivity contribution is -0.129. The maximum Gasteiger partial charge on any atom is 0.256 e. The van der Waals surface area contributed by atoms with Crippen LogP contribution < -0.4 is 5.32 Å². The number of hydrogen-bond donors (Lipinski definition) is 1. The number of piperazine rings is 1. The van der Waals surface area contributed by atoms with Gasteiger partial charge in [0, 0.05) is 44.7 Å². The van der Waals surface area contributed by atoms with E-state index in [9.17, 15) is 18.0 Å². The highest BCUT2D eigenvalue weighted by molar-refractivity contribution is 7.89. The Morgan fingerprint density at radius 1 is 0.971 bits per heavy atom. The summed E-state index contributed by atoms with van der Waals surface area (Å²) < 4.78 is 29.3. The van der Waals surface area contributed by atoms with Crippen molar-refractivity contribution in [3.8, 4) is 0 Å². The number of carbonyl (C=O) groups excluding carboxylic acids is 2. The highest BCUT2D eigenvalue weighted by Gasteiger charge is 2.29. The molecule has 2 amide bonds. The second kappa shape index (κ2) is 10.4. The molecule has 0 aliphatic carbocycles. The van der Waals surface area contributed by atoms with Gasteiger partial charge < -0.3 is 10.2 Å². The van der Waals surface area contributed by atoms with Gasteiger partial charge in [-0.3, -0.25) is 9.59 Å². The van der Waals surface area contributed by atoms with Gasteiger partial charge in [0.2, 0.25) is 15.9 Å².